The van der Waals surface area contributed by atoms with Crippen LogP contribution in [0.4, 0.5) is 0 Å². The van der Waals surface area contributed by atoms with E-state index >= 15 is 0 Å². The predicted octanol–water partition coefficient (Wildman–Crippen LogP) is 2.39. The highest BCUT2D eigenvalue weighted by atomic mass is 32.2. The van der Waals surface area contributed by atoms with Gasteiger partial charge in [0.05, 0.1) is 7.11 Å². The van der Waals surface area contributed by atoms with Crippen LogP contribution in [0.3, 0.4) is 0 Å². The van der Waals surface area contributed by atoms with Gasteiger partial charge in [0.2, 0.25) is 0 Å². The molecule has 5 nitrogen and oxygen atoms in total. The Balaban J connectivity index is 1.77. The van der Waals surface area contributed by atoms with Crippen molar-refractivity contribution in [1.29, 1.82) is 0 Å². The number of rotatable bonds is 6. The Bertz CT molecular complexity index is 543. The van der Waals surface area contributed by atoms with Gasteiger partial charge >= 0.3 is 0 Å². The molecule has 6 heteroatoms. The highest BCUT2D eigenvalue weighted by Gasteiger charge is 2.29. The van der Waals surface area contributed by atoms with Crippen molar-refractivity contribution in [3.63, 3.8) is 0 Å². The maximum atomic E-state index is 9.97. The molecule has 3 N–H and O–H groups in total. The number of nitrogens with zero attached hydrogens (tertiary/aromatic N) is 1. The Hall–Kier alpha value is -1.56. The van der Waals surface area contributed by atoms with Gasteiger partial charge in [-0.1, -0.05) is 6.07 Å². The van der Waals surface area contributed by atoms with Gasteiger partial charge in [-0.3, -0.25) is 4.99 Å². The van der Waals surface area contributed by atoms with Gasteiger partial charge in [0.15, 0.2) is 5.96 Å². The number of aliphatic imine (C=N–C) groups is 1. The summed E-state index contributed by atoms with van der Waals surface area (Å²) in [5.41, 5.74) is 0.895. The average Bonchev–Trinajstić information content (AvgIpc) is 2.99. The van der Waals surface area contributed by atoms with Crippen LogP contribution < -0.4 is 15.4 Å². The zero-order valence-corrected chi connectivity index (χ0v) is 15.0. The summed E-state index contributed by atoms with van der Waals surface area (Å²) in [5.74, 6) is 3.00. The molecule has 128 valence electrons. The standard InChI is InChI=1S/C17H27N3O2S/c1-17(8-4-10-23-17)12-20-16(18-2)19-9-7-13-5-6-14(22-3)11-15(13)21/h5-6,11,21H,4,7-10,12H2,1-3H3,(H2,18,19,20). The fraction of sp³-hybridized carbons (Fsp3) is 0.588. The molecule has 1 aliphatic heterocycles. The molecule has 0 spiro atoms. The third-order valence-corrected chi connectivity index (χ3v) is 5.67. The third-order valence-electron chi connectivity index (χ3n) is 4.13. The van der Waals surface area contributed by atoms with Gasteiger partial charge in [0.1, 0.15) is 11.5 Å². The fourth-order valence-corrected chi connectivity index (χ4v) is 3.91. The van der Waals surface area contributed by atoms with Crippen LogP contribution in [-0.2, 0) is 6.42 Å². The molecule has 0 aliphatic carbocycles. The number of aromatic hydroxyl groups is 1. The van der Waals surface area contributed by atoms with Gasteiger partial charge in [-0.05, 0) is 43.6 Å². The minimum absolute atomic E-state index is 0.268. The van der Waals surface area contributed by atoms with E-state index in [0.717, 1.165) is 24.5 Å². The van der Waals surface area contributed by atoms with Crippen molar-refractivity contribution in [2.45, 2.75) is 30.9 Å². The first-order valence-corrected chi connectivity index (χ1v) is 8.99. The van der Waals surface area contributed by atoms with E-state index in [1.165, 1.54) is 18.6 Å². The number of methoxy groups -OCH3 is 1. The first-order chi connectivity index (χ1) is 11.1. The Kier molecular flexibility index (Phi) is 6.45. The molecule has 23 heavy (non-hydrogen) atoms. The lowest BCUT2D eigenvalue weighted by molar-refractivity contribution is 0.406. The quantitative estimate of drug-likeness (QED) is 0.549. The van der Waals surface area contributed by atoms with Crippen LogP contribution in [0.1, 0.15) is 25.3 Å². The van der Waals surface area contributed by atoms with Crippen LogP contribution in [0.25, 0.3) is 0 Å². The molecule has 1 unspecified atom stereocenters. The molecule has 1 aliphatic rings. The number of phenols is 1. The van der Waals surface area contributed by atoms with Crippen LogP contribution >= 0.6 is 11.8 Å². The first-order valence-electron chi connectivity index (χ1n) is 8.01. The largest absolute Gasteiger partial charge is 0.508 e. The van der Waals surface area contributed by atoms with Gasteiger partial charge in [-0.15, -0.1) is 0 Å². The van der Waals surface area contributed by atoms with E-state index in [9.17, 15) is 5.11 Å². The van der Waals surface area contributed by atoms with Crippen molar-refractivity contribution < 1.29 is 9.84 Å². The SMILES string of the molecule is CN=C(NCCc1ccc(OC)cc1O)NCC1(C)CCCS1. The highest BCUT2D eigenvalue weighted by Crippen LogP contribution is 2.36. The molecule has 1 atom stereocenters. The monoisotopic (exact) mass is 337 g/mol. The van der Waals surface area contributed by atoms with Gasteiger partial charge in [-0.2, -0.15) is 11.8 Å². The molecule has 1 saturated heterocycles. The highest BCUT2D eigenvalue weighted by molar-refractivity contribution is 8.00. The molecule has 1 fully saturated rings. The van der Waals surface area contributed by atoms with E-state index in [4.69, 9.17) is 4.74 Å². The van der Waals surface area contributed by atoms with E-state index in [2.05, 4.69) is 22.5 Å². The zero-order valence-electron chi connectivity index (χ0n) is 14.2. The molecule has 0 aromatic heterocycles. The molecular weight excluding hydrogens is 310 g/mol. The maximum absolute atomic E-state index is 9.97. The molecule has 0 radical (unpaired) electrons. The molecule has 1 aromatic rings. The van der Waals surface area contributed by atoms with E-state index in [1.54, 1.807) is 20.2 Å². The molecule has 1 heterocycles. The summed E-state index contributed by atoms with van der Waals surface area (Å²) in [6.07, 6.45) is 3.27. The minimum atomic E-state index is 0.268. The molecule has 0 saturated carbocycles. The number of nitrogens with one attached hydrogen (secondary N) is 2. The molecular formula is C17H27N3O2S. The van der Waals surface area contributed by atoms with Crippen molar-refractivity contribution in [3.05, 3.63) is 23.8 Å². The lowest BCUT2D eigenvalue weighted by atomic mass is 10.1. The van der Waals surface area contributed by atoms with E-state index in [-0.39, 0.29) is 5.75 Å². The smallest absolute Gasteiger partial charge is 0.191 e. The third kappa shape index (κ3) is 5.23. The summed E-state index contributed by atoms with van der Waals surface area (Å²) in [4.78, 5) is 4.26. The summed E-state index contributed by atoms with van der Waals surface area (Å²) in [7, 11) is 3.37. The van der Waals surface area contributed by atoms with Gasteiger partial charge in [0, 0.05) is 31.0 Å². The van der Waals surface area contributed by atoms with Gasteiger partial charge in [-0.25, -0.2) is 0 Å². The summed E-state index contributed by atoms with van der Waals surface area (Å²) in [6, 6.07) is 5.39. The van der Waals surface area contributed by atoms with Crippen molar-refractivity contribution in [2.75, 3.05) is 33.0 Å². The molecule has 1 aromatic carbocycles. The number of guanidine groups is 1. The predicted molar refractivity (Wildman–Crippen MR) is 97.8 cm³/mol. The summed E-state index contributed by atoms with van der Waals surface area (Å²) >= 11 is 2.03. The van der Waals surface area contributed by atoms with Crippen LogP contribution in [0.5, 0.6) is 11.5 Å². The number of benzene rings is 1. The summed E-state index contributed by atoms with van der Waals surface area (Å²) in [5, 5.41) is 16.7. The van der Waals surface area contributed by atoms with Crippen LogP contribution in [0.2, 0.25) is 0 Å². The second-order valence-electron chi connectivity index (χ2n) is 6.00. The lowest BCUT2D eigenvalue weighted by Crippen LogP contribution is -2.44. The van der Waals surface area contributed by atoms with Crippen molar-refractivity contribution in [1.82, 2.24) is 10.6 Å². The summed E-state index contributed by atoms with van der Waals surface area (Å²) in [6.45, 7) is 3.94. The minimum Gasteiger partial charge on any atom is -0.508 e. The second kappa shape index (κ2) is 8.34. The van der Waals surface area contributed by atoms with E-state index < -0.39 is 0 Å². The zero-order chi connectivity index (χ0) is 16.7. The number of hydrogen-bond donors (Lipinski definition) is 3. The van der Waals surface area contributed by atoms with Crippen molar-refractivity contribution in [3.8, 4) is 11.5 Å². The van der Waals surface area contributed by atoms with Crippen LogP contribution in [0.15, 0.2) is 23.2 Å². The topological polar surface area (TPSA) is 65.9 Å². The Morgan fingerprint density at radius 3 is 2.87 bits per heavy atom. The fourth-order valence-electron chi connectivity index (χ4n) is 2.67. The van der Waals surface area contributed by atoms with E-state index in [0.29, 0.717) is 17.0 Å². The Morgan fingerprint density at radius 1 is 1.43 bits per heavy atom. The lowest BCUT2D eigenvalue weighted by Gasteiger charge is -2.24. The van der Waals surface area contributed by atoms with Crippen molar-refractivity contribution >= 4 is 17.7 Å². The average molecular weight is 337 g/mol. The normalized spacial score (nSPS) is 21.3. The maximum Gasteiger partial charge on any atom is 0.191 e. The number of phenolic OH excluding ortho intramolecular Hbond substituents is 1. The van der Waals surface area contributed by atoms with Gasteiger partial charge in [0.25, 0.3) is 0 Å². The molecule has 0 amide bonds. The number of thioether (sulfide) groups is 1. The number of ether oxygens (including phenoxy) is 1. The Morgan fingerprint density at radius 2 is 2.26 bits per heavy atom. The molecule has 0 bridgehead atoms. The van der Waals surface area contributed by atoms with E-state index in [1.807, 2.05) is 23.9 Å². The molecule has 2 rings (SSSR count). The summed E-state index contributed by atoms with van der Waals surface area (Å²) < 4.78 is 5.40. The van der Waals surface area contributed by atoms with Crippen molar-refractivity contribution in [2.24, 2.45) is 4.99 Å². The van der Waals surface area contributed by atoms with Crippen LogP contribution in [0, 0.1) is 0 Å². The number of hydrogen-bond acceptors (Lipinski definition) is 4. The first kappa shape index (κ1) is 17.8. The van der Waals surface area contributed by atoms with Crippen LogP contribution in [-0.4, -0.2) is 48.8 Å². The van der Waals surface area contributed by atoms with Gasteiger partial charge < -0.3 is 20.5 Å². The Labute approximate surface area is 142 Å². The second-order valence-corrected chi connectivity index (χ2v) is 7.68.